The third kappa shape index (κ3) is 4.58. The Hall–Kier alpha value is -2.88. The highest BCUT2D eigenvalue weighted by atomic mass is 35.5. The predicted molar refractivity (Wildman–Crippen MR) is 122 cm³/mol. The summed E-state index contributed by atoms with van der Waals surface area (Å²) in [5.41, 5.74) is 7.48. The molecular weight excluding hydrogens is 380 g/mol. The first-order chi connectivity index (χ1) is 14.0. The van der Waals surface area contributed by atoms with Crippen LogP contribution in [-0.2, 0) is 6.42 Å². The minimum absolute atomic E-state index is 0.105. The number of anilines is 1. The molecule has 0 fully saturated rings. The molecule has 0 saturated carbocycles. The second-order valence-corrected chi connectivity index (χ2v) is 8.11. The van der Waals surface area contributed by atoms with Crippen LogP contribution in [0.1, 0.15) is 21.5 Å². The number of carbonyl (C=O) groups excluding carboxylic acids is 1. The van der Waals surface area contributed by atoms with Crippen molar-refractivity contribution in [3.05, 3.63) is 94.0 Å². The topological polar surface area (TPSA) is 32.3 Å². The molecule has 0 radical (unpaired) electrons. The van der Waals surface area contributed by atoms with E-state index in [2.05, 4.69) is 42.5 Å². The first-order valence-electron chi connectivity index (χ1n) is 9.62. The zero-order chi connectivity index (χ0) is 20.4. The molecule has 1 aliphatic carbocycles. The maximum atomic E-state index is 12.7. The Bertz CT molecular complexity index is 1070. The molecule has 0 heterocycles. The summed E-state index contributed by atoms with van der Waals surface area (Å²) in [5, 5.41) is 3.73. The number of carbonyl (C=O) groups is 1. The van der Waals surface area contributed by atoms with Crippen molar-refractivity contribution in [3.63, 3.8) is 0 Å². The first kappa shape index (κ1) is 19.4. The number of hydrogen-bond acceptors (Lipinski definition) is 2. The van der Waals surface area contributed by atoms with E-state index in [1.54, 1.807) is 0 Å². The molecular formula is C25H23ClN2O. The van der Waals surface area contributed by atoms with Crippen molar-refractivity contribution in [1.82, 2.24) is 4.90 Å². The predicted octanol–water partition coefficient (Wildman–Crippen LogP) is 5.76. The van der Waals surface area contributed by atoms with Gasteiger partial charge in [0.2, 0.25) is 0 Å². The minimum atomic E-state index is -0.105. The molecule has 0 aromatic heterocycles. The molecule has 1 N–H and O–H groups in total. The summed E-state index contributed by atoms with van der Waals surface area (Å²) in [5.74, 6) is -0.105. The van der Waals surface area contributed by atoms with E-state index in [9.17, 15) is 4.79 Å². The first-order valence-corrected chi connectivity index (χ1v) is 10.0. The molecule has 4 heteroatoms. The largest absolute Gasteiger partial charge is 0.322 e. The van der Waals surface area contributed by atoms with E-state index in [1.165, 1.54) is 16.7 Å². The summed E-state index contributed by atoms with van der Waals surface area (Å²) >= 11 is 5.95. The Balaban J connectivity index is 1.44. The van der Waals surface area contributed by atoms with Crippen LogP contribution in [0.3, 0.4) is 0 Å². The minimum Gasteiger partial charge on any atom is -0.322 e. The Morgan fingerprint density at radius 2 is 1.62 bits per heavy atom. The van der Waals surface area contributed by atoms with Crippen molar-refractivity contribution in [2.45, 2.75) is 6.42 Å². The molecule has 1 aliphatic rings. The second-order valence-electron chi connectivity index (χ2n) is 7.67. The van der Waals surface area contributed by atoms with Crippen LogP contribution in [0.25, 0.3) is 17.2 Å². The standard InChI is InChI=1S/C25H23ClN2O/c1-28(2)16-17-13-21-9-12-24(15-22(21)14-17)27-25(29)20-5-3-18(4-6-20)19-7-10-23(26)11-8-19/h3-13,15H,14,16H2,1-2H3,(H,27,29). The third-order valence-electron chi connectivity index (χ3n) is 5.02. The lowest BCUT2D eigenvalue weighted by Crippen LogP contribution is -2.15. The lowest BCUT2D eigenvalue weighted by molar-refractivity contribution is 0.102. The van der Waals surface area contributed by atoms with Gasteiger partial charge >= 0.3 is 0 Å². The molecule has 3 nitrogen and oxygen atoms in total. The van der Waals surface area contributed by atoms with E-state index in [4.69, 9.17) is 11.6 Å². The van der Waals surface area contributed by atoms with Crippen molar-refractivity contribution in [2.24, 2.45) is 0 Å². The van der Waals surface area contributed by atoms with Crippen LogP contribution in [0.5, 0.6) is 0 Å². The molecule has 0 saturated heterocycles. The van der Waals surface area contributed by atoms with Gasteiger partial charge in [-0.2, -0.15) is 0 Å². The molecule has 3 aromatic carbocycles. The van der Waals surface area contributed by atoms with Gasteiger partial charge in [0.1, 0.15) is 0 Å². The van der Waals surface area contributed by atoms with E-state index in [0.29, 0.717) is 10.6 Å². The highest BCUT2D eigenvalue weighted by Gasteiger charge is 2.15. The van der Waals surface area contributed by atoms with E-state index in [1.807, 2.05) is 54.6 Å². The van der Waals surface area contributed by atoms with Crippen LogP contribution in [-0.4, -0.2) is 31.4 Å². The van der Waals surface area contributed by atoms with Crippen LogP contribution in [0.4, 0.5) is 5.69 Å². The monoisotopic (exact) mass is 402 g/mol. The van der Waals surface area contributed by atoms with Crippen molar-refractivity contribution in [1.29, 1.82) is 0 Å². The van der Waals surface area contributed by atoms with Gasteiger partial charge in [-0.15, -0.1) is 0 Å². The number of amides is 1. The van der Waals surface area contributed by atoms with Crippen LogP contribution in [0.2, 0.25) is 5.02 Å². The van der Waals surface area contributed by atoms with Crippen LogP contribution < -0.4 is 5.32 Å². The number of likely N-dealkylation sites (N-methyl/N-ethyl adjacent to an activating group) is 1. The van der Waals surface area contributed by atoms with Crippen LogP contribution >= 0.6 is 11.6 Å². The van der Waals surface area contributed by atoms with Crippen LogP contribution in [0, 0.1) is 0 Å². The molecule has 4 rings (SSSR count). The maximum Gasteiger partial charge on any atom is 0.255 e. The average molecular weight is 403 g/mol. The highest BCUT2D eigenvalue weighted by Crippen LogP contribution is 2.28. The Morgan fingerprint density at radius 3 is 2.28 bits per heavy atom. The highest BCUT2D eigenvalue weighted by molar-refractivity contribution is 6.30. The summed E-state index contributed by atoms with van der Waals surface area (Å²) in [4.78, 5) is 14.8. The molecule has 29 heavy (non-hydrogen) atoms. The molecule has 0 spiro atoms. The quantitative estimate of drug-likeness (QED) is 0.588. The fourth-order valence-corrected chi connectivity index (χ4v) is 3.79. The van der Waals surface area contributed by atoms with Gasteiger partial charge in [-0.05, 0) is 79.2 Å². The van der Waals surface area contributed by atoms with Gasteiger partial charge in [0.15, 0.2) is 0 Å². The number of hydrogen-bond donors (Lipinski definition) is 1. The van der Waals surface area contributed by atoms with Crippen molar-refractivity contribution in [2.75, 3.05) is 26.0 Å². The lowest BCUT2D eigenvalue weighted by Gasteiger charge is -2.10. The molecule has 0 bridgehead atoms. The zero-order valence-corrected chi connectivity index (χ0v) is 17.3. The second kappa shape index (κ2) is 8.24. The number of nitrogens with one attached hydrogen (secondary N) is 1. The molecule has 0 unspecified atom stereocenters. The molecule has 146 valence electrons. The fourth-order valence-electron chi connectivity index (χ4n) is 3.66. The Morgan fingerprint density at radius 1 is 0.966 bits per heavy atom. The Labute approximate surface area is 176 Å². The van der Waals surface area contributed by atoms with Gasteiger partial charge in [-0.25, -0.2) is 0 Å². The summed E-state index contributed by atoms with van der Waals surface area (Å²) in [6.07, 6.45) is 3.18. The Kier molecular flexibility index (Phi) is 5.52. The van der Waals surface area contributed by atoms with E-state index >= 15 is 0 Å². The number of rotatable bonds is 5. The van der Waals surface area contributed by atoms with Gasteiger partial charge in [-0.1, -0.05) is 53.6 Å². The number of halogens is 1. The molecule has 0 atom stereocenters. The van der Waals surface area contributed by atoms with Gasteiger partial charge in [0.05, 0.1) is 0 Å². The summed E-state index contributed by atoms with van der Waals surface area (Å²) < 4.78 is 0. The van der Waals surface area contributed by atoms with E-state index in [0.717, 1.165) is 29.8 Å². The summed E-state index contributed by atoms with van der Waals surface area (Å²) in [6, 6.07) is 21.4. The zero-order valence-electron chi connectivity index (χ0n) is 16.6. The third-order valence-corrected chi connectivity index (χ3v) is 5.27. The summed E-state index contributed by atoms with van der Waals surface area (Å²) in [7, 11) is 4.15. The molecule has 1 amide bonds. The molecule has 3 aromatic rings. The SMILES string of the molecule is CN(C)CC1=Cc2ccc(NC(=O)c3ccc(-c4ccc(Cl)cc4)cc3)cc2C1. The smallest absolute Gasteiger partial charge is 0.255 e. The summed E-state index contributed by atoms with van der Waals surface area (Å²) in [6.45, 7) is 0.955. The normalized spacial score (nSPS) is 12.6. The van der Waals surface area contributed by atoms with Gasteiger partial charge in [-0.3, -0.25) is 4.79 Å². The van der Waals surface area contributed by atoms with E-state index < -0.39 is 0 Å². The van der Waals surface area contributed by atoms with Gasteiger partial charge in [0, 0.05) is 22.8 Å². The van der Waals surface area contributed by atoms with Crippen molar-refractivity contribution < 1.29 is 4.79 Å². The van der Waals surface area contributed by atoms with Gasteiger partial charge in [0.25, 0.3) is 5.91 Å². The van der Waals surface area contributed by atoms with E-state index in [-0.39, 0.29) is 5.91 Å². The van der Waals surface area contributed by atoms with Crippen molar-refractivity contribution >= 4 is 29.3 Å². The number of benzene rings is 3. The van der Waals surface area contributed by atoms with Gasteiger partial charge < -0.3 is 10.2 Å². The number of nitrogens with zero attached hydrogens (tertiary/aromatic N) is 1. The molecule has 0 aliphatic heterocycles. The van der Waals surface area contributed by atoms with Crippen molar-refractivity contribution in [3.8, 4) is 11.1 Å². The van der Waals surface area contributed by atoms with Crippen LogP contribution in [0.15, 0.2) is 72.3 Å². The average Bonchev–Trinajstić information content (AvgIpc) is 3.09. The lowest BCUT2D eigenvalue weighted by atomic mass is 10.0. The number of fused-ring (bicyclic) bond motifs is 1. The fraction of sp³-hybridized carbons (Fsp3) is 0.160. The maximum absolute atomic E-state index is 12.7.